The van der Waals surface area contributed by atoms with Gasteiger partial charge in [0.2, 0.25) is 5.91 Å². The number of nitrogens with zero attached hydrogens (tertiary/aromatic N) is 4. The van der Waals surface area contributed by atoms with E-state index < -0.39 is 0 Å². The molecule has 3 heterocycles. The lowest BCUT2D eigenvalue weighted by Gasteiger charge is -2.34. The number of carbonyl (C=O) groups excluding carboxylic acids is 1. The van der Waals surface area contributed by atoms with Gasteiger partial charge >= 0.3 is 0 Å². The summed E-state index contributed by atoms with van der Waals surface area (Å²) in [5, 5.41) is 3.23. The van der Waals surface area contributed by atoms with Gasteiger partial charge in [0.15, 0.2) is 0 Å². The summed E-state index contributed by atoms with van der Waals surface area (Å²) < 4.78 is 0. The van der Waals surface area contributed by atoms with Gasteiger partial charge in [0.1, 0.15) is 5.01 Å². The molecular weight excluding hydrogens is 308 g/mol. The molecule has 128 valence electrons. The zero-order valence-electron chi connectivity index (χ0n) is 14.2. The molecule has 2 saturated heterocycles. The zero-order valence-corrected chi connectivity index (χ0v) is 15.0. The molecule has 2 aliphatic rings. The number of amides is 1. The summed E-state index contributed by atoms with van der Waals surface area (Å²) in [7, 11) is 0. The number of likely N-dealkylation sites (tertiary alicyclic amines) is 1. The van der Waals surface area contributed by atoms with Gasteiger partial charge in [0.05, 0.1) is 18.7 Å². The fourth-order valence-corrected chi connectivity index (χ4v) is 4.23. The third kappa shape index (κ3) is 4.75. The van der Waals surface area contributed by atoms with Crippen molar-refractivity contribution < 1.29 is 4.79 Å². The molecule has 3 rings (SSSR count). The first-order valence-corrected chi connectivity index (χ1v) is 9.78. The minimum Gasteiger partial charge on any atom is -0.340 e. The van der Waals surface area contributed by atoms with Gasteiger partial charge in [-0.05, 0) is 32.5 Å². The Morgan fingerprint density at radius 3 is 2.52 bits per heavy atom. The molecule has 5 nitrogen and oxygen atoms in total. The Morgan fingerprint density at radius 1 is 1.09 bits per heavy atom. The Morgan fingerprint density at radius 2 is 1.83 bits per heavy atom. The predicted molar refractivity (Wildman–Crippen MR) is 93.6 cm³/mol. The second-order valence-electron chi connectivity index (χ2n) is 6.56. The van der Waals surface area contributed by atoms with Crippen LogP contribution in [-0.4, -0.2) is 71.4 Å². The zero-order chi connectivity index (χ0) is 16.1. The van der Waals surface area contributed by atoms with E-state index in [9.17, 15) is 4.79 Å². The van der Waals surface area contributed by atoms with Crippen molar-refractivity contribution in [3.63, 3.8) is 0 Å². The molecule has 23 heavy (non-hydrogen) atoms. The first-order chi connectivity index (χ1) is 11.2. The maximum Gasteiger partial charge on any atom is 0.228 e. The number of aromatic nitrogens is 1. The summed E-state index contributed by atoms with van der Waals surface area (Å²) in [5.74, 6) is 0.232. The number of hydrogen-bond donors (Lipinski definition) is 0. The van der Waals surface area contributed by atoms with Gasteiger partial charge in [-0.25, -0.2) is 4.98 Å². The molecule has 1 aromatic heterocycles. The van der Waals surface area contributed by atoms with Crippen molar-refractivity contribution in [3.8, 4) is 0 Å². The van der Waals surface area contributed by atoms with Crippen LogP contribution in [0.15, 0.2) is 5.38 Å². The Hall–Kier alpha value is -0.980. The van der Waals surface area contributed by atoms with E-state index in [1.54, 1.807) is 11.3 Å². The van der Waals surface area contributed by atoms with Crippen LogP contribution in [0.3, 0.4) is 0 Å². The summed E-state index contributed by atoms with van der Waals surface area (Å²) in [6.07, 6.45) is 4.43. The van der Waals surface area contributed by atoms with Crippen LogP contribution in [0.4, 0.5) is 0 Å². The minimum atomic E-state index is 0.232. The molecule has 0 spiro atoms. The molecule has 2 aliphatic heterocycles. The van der Waals surface area contributed by atoms with Crippen molar-refractivity contribution in [2.45, 2.75) is 39.2 Å². The van der Waals surface area contributed by atoms with Crippen LogP contribution in [0.1, 0.15) is 36.9 Å². The number of piperidine rings is 1. The van der Waals surface area contributed by atoms with Crippen LogP contribution in [-0.2, 0) is 17.8 Å². The lowest BCUT2D eigenvalue weighted by Crippen LogP contribution is -2.48. The maximum absolute atomic E-state index is 12.4. The van der Waals surface area contributed by atoms with Crippen LogP contribution in [0.5, 0.6) is 0 Å². The first kappa shape index (κ1) is 16.9. The molecule has 0 unspecified atom stereocenters. The van der Waals surface area contributed by atoms with E-state index in [0.717, 1.165) is 50.0 Å². The Labute approximate surface area is 143 Å². The number of rotatable bonds is 5. The van der Waals surface area contributed by atoms with Gasteiger partial charge < -0.3 is 9.80 Å². The normalized spacial score (nSPS) is 20.8. The van der Waals surface area contributed by atoms with Gasteiger partial charge in [-0.15, -0.1) is 11.3 Å². The molecule has 0 aliphatic carbocycles. The lowest BCUT2D eigenvalue weighted by atomic mass is 10.1. The largest absolute Gasteiger partial charge is 0.340 e. The molecule has 6 heteroatoms. The average molecular weight is 337 g/mol. The van der Waals surface area contributed by atoms with E-state index in [0.29, 0.717) is 6.42 Å². The summed E-state index contributed by atoms with van der Waals surface area (Å²) >= 11 is 1.70. The van der Waals surface area contributed by atoms with Crippen molar-refractivity contribution >= 4 is 17.2 Å². The van der Waals surface area contributed by atoms with Crippen LogP contribution in [0.25, 0.3) is 0 Å². The van der Waals surface area contributed by atoms with Crippen LogP contribution in [0.2, 0.25) is 0 Å². The molecule has 2 fully saturated rings. The summed E-state index contributed by atoms with van der Waals surface area (Å²) in [5.41, 5.74) is 0.949. The van der Waals surface area contributed by atoms with E-state index >= 15 is 0 Å². The van der Waals surface area contributed by atoms with Crippen molar-refractivity contribution in [1.29, 1.82) is 0 Å². The summed E-state index contributed by atoms with van der Waals surface area (Å²) in [6, 6.07) is 0. The minimum absolute atomic E-state index is 0.232. The molecular formula is C17H28N4OS. The van der Waals surface area contributed by atoms with Gasteiger partial charge in [-0.2, -0.15) is 0 Å². The number of likely N-dealkylation sites (N-methyl/N-ethyl adjacent to an activating group) is 1. The standard InChI is InChI=1S/C17H28N4OS/c1-2-19-8-10-21(11-9-19)17(22)12-15-14-23-16(18-15)13-20-6-4-3-5-7-20/h14H,2-13H2,1H3. The predicted octanol–water partition coefficient (Wildman–Crippen LogP) is 1.84. The summed E-state index contributed by atoms with van der Waals surface area (Å²) in [6.45, 7) is 10.3. The van der Waals surface area contributed by atoms with E-state index in [1.807, 2.05) is 4.90 Å². The molecule has 1 amide bonds. The Balaban J connectivity index is 1.47. The quantitative estimate of drug-likeness (QED) is 0.822. The van der Waals surface area contributed by atoms with Crippen molar-refractivity contribution in [2.75, 3.05) is 45.8 Å². The Bertz CT molecular complexity index is 504. The smallest absolute Gasteiger partial charge is 0.228 e. The van der Waals surface area contributed by atoms with Crippen molar-refractivity contribution in [3.05, 3.63) is 16.1 Å². The first-order valence-electron chi connectivity index (χ1n) is 8.90. The highest BCUT2D eigenvalue weighted by Gasteiger charge is 2.21. The van der Waals surface area contributed by atoms with Crippen molar-refractivity contribution in [2.24, 2.45) is 0 Å². The van der Waals surface area contributed by atoms with Crippen LogP contribution >= 0.6 is 11.3 Å². The van der Waals surface area contributed by atoms with E-state index in [-0.39, 0.29) is 5.91 Å². The highest BCUT2D eigenvalue weighted by Crippen LogP contribution is 2.17. The highest BCUT2D eigenvalue weighted by atomic mass is 32.1. The van der Waals surface area contributed by atoms with E-state index in [1.165, 1.54) is 32.4 Å². The molecule has 1 aromatic rings. The van der Waals surface area contributed by atoms with Gasteiger partial charge in [0.25, 0.3) is 0 Å². The average Bonchev–Trinajstić information content (AvgIpc) is 3.02. The van der Waals surface area contributed by atoms with Gasteiger partial charge in [-0.1, -0.05) is 13.3 Å². The molecule has 0 N–H and O–H groups in total. The molecule has 0 aromatic carbocycles. The highest BCUT2D eigenvalue weighted by molar-refractivity contribution is 7.09. The van der Waals surface area contributed by atoms with Crippen LogP contribution < -0.4 is 0 Å². The van der Waals surface area contributed by atoms with E-state index in [2.05, 4.69) is 27.1 Å². The monoisotopic (exact) mass is 336 g/mol. The molecule has 0 radical (unpaired) electrons. The fraction of sp³-hybridized carbons (Fsp3) is 0.765. The molecule has 0 atom stereocenters. The van der Waals surface area contributed by atoms with Crippen LogP contribution in [0, 0.1) is 0 Å². The second-order valence-corrected chi connectivity index (χ2v) is 7.50. The fourth-order valence-electron chi connectivity index (χ4n) is 3.39. The SMILES string of the molecule is CCN1CCN(C(=O)Cc2csc(CN3CCCCC3)n2)CC1. The summed E-state index contributed by atoms with van der Waals surface area (Å²) in [4.78, 5) is 24.0. The number of hydrogen-bond acceptors (Lipinski definition) is 5. The molecule has 0 bridgehead atoms. The van der Waals surface area contributed by atoms with E-state index in [4.69, 9.17) is 0 Å². The number of thiazole rings is 1. The topological polar surface area (TPSA) is 39.7 Å². The lowest BCUT2D eigenvalue weighted by molar-refractivity contribution is -0.132. The number of piperazine rings is 1. The van der Waals surface area contributed by atoms with Gasteiger partial charge in [-0.3, -0.25) is 9.69 Å². The van der Waals surface area contributed by atoms with Crippen molar-refractivity contribution in [1.82, 2.24) is 19.7 Å². The maximum atomic E-state index is 12.4. The third-order valence-corrected chi connectivity index (χ3v) is 5.79. The molecule has 0 saturated carbocycles. The Kier molecular flexibility index (Phi) is 6.02. The third-order valence-electron chi connectivity index (χ3n) is 4.91. The second kappa shape index (κ2) is 8.22. The number of carbonyl (C=O) groups is 1. The van der Waals surface area contributed by atoms with Gasteiger partial charge in [0, 0.05) is 31.6 Å².